The molecule has 0 amide bonds. The first-order valence-electron chi connectivity index (χ1n) is 15.5. The van der Waals surface area contributed by atoms with E-state index in [2.05, 4.69) is 121 Å². The van der Waals surface area contributed by atoms with Gasteiger partial charge in [-0.1, -0.05) is 126 Å². The summed E-state index contributed by atoms with van der Waals surface area (Å²) in [6, 6.07) is 18.9. The molecular weight excluding hydrogens is 549 g/mol. The second-order valence-electron chi connectivity index (χ2n) is 12.4. The highest BCUT2D eigenvalue weighted by molar-refractivity contribution is 6.94. The molecule has 5 heteroatoms. The summed E-state index contributed by atoms with van der Waals surface area (Å²) in [6.07, 6.45) is 11.1. The maximum absolute atomic E-state index is 7.13. The van der Waals surface area contributed by atoms with Crippen LogP contribution < -0.4 is 9.92 Å². The molecule has 0 saturated heterocycles. The quantitative estimate of drug-likeness (QED) is 0.0629. The molecule has 3 nitrogen and oxygen atoms in total. The zero-order valence-electron chi connectivity index (χ0n) is 27.6. The fraction of sp³-hybridized carbons (Fsp3) is 0.459. The van der Waals surface area contributed by atoms with Gasteiger partial charge in [0, 0.05) is 6.42 Å². The minimum atomic E-state index is -2.06. The third kappa shape index (κ3) is 11.1. The maximum Gasteiger partial charge on any atom is 0.258 e. The lowest BCUT2D eigenvalue weighted by Gasteiger charge is -2.42. The van der Waals surface area contributed by atoms with E-state index in [1.165, 1.54) is 5.19 Å². The maximum atomic E-state index is 7.13. The molecule has 0 radical (unpaired) electrons. The van der Waals surface area contributed by atoms with Crippen LogP contribution in [-0.4, -0.2) is 30.1 Å². The Labute approximate surface area is 259 Å². The average molecular weight is 603 g/mol. The van der Waals surface area contributed by atoms with Crippen molar-refractivity contribution in [3.05, 3.63) is 95.9 Å². The van der Waals surface area contributed by atoms with Crippen molar-refractivity contribution in [2.24, 2.45) is 0 Å². The molecule has 0 bridgehead atoms. The van der Waals surface area contributed by atoms with Crippen molar-refractivity contribution in [3.8, 4) is 17.6 Å². The van der Waals surface area contributed by atoms with Gasteiger partial charge in [0.1, 0.15) is 13.8 Å². The molecule has 0 aliphatic carbocycles. The van der Waals surface area contributed by atoms with Gasteiger partial charge in [0.25, 0.3) is 8.32 Å². The largest absolute Gasteiger partial charge is 0.543 e. The van der Waals surface area contributed by atoms with E-state index >= 15 is 0 Å². The number of benzene rings is 2. The van der Waals surface area contributed by atoms with E-state index < -0.39 is 16.4 Å². The number of ether oxygens (including phenoxy) is 2. The molecular formula is C37H54O3Si2. The highest BCUT2D eigenvalue weighted by Gasteiger charge is 2.47. The Hall–Kier alpha value is -2.79. The van der Waals surface area contributed by atoms with E-state index in [0.717, 1.165) is 36.3 Å². The van der Waals surface area contributed by atoms with E-state index in [1.807, 2.05) is 30.3 Å². The number of unbranched alkanes of at least 4 members (excludes halogenated alkanes) is 1. The summed E-state index contributed by atoms with van der Waals surface area (Å²) in [4.78, 5) is 0. The van der Waals surface area contributed by atoms with Gasteiger partial charge in [-0.15, -0.1) is 0 Å². The van der Waals surface area contributed by atoms with E-state index in [1.54, 1.807) is 7.11 Å². The number of hydrogen-bond acceptors (Lipinski definition) is 3. The van der Waals surface area contributed by atoms with Gasteiger partial charge in [-0.2, -0.15) is 0 Å². The molecule has 42 heavy (non-hydrogen) atoms. The molecule has 0 spiro atoms. The predicted octanol–water partition coefficient (Wildman–Crippen LogP) is 9.73. The van der Waals surface area contributed by atoms with Crippen LogP contribution in [0.2, 0.25) is 29.7 Å². The van der Waals surface area contributed by atoms with Crippen molar-refractivity contribution >= 4 is 21.6 Å². The lowest BCUT2D eigenvalue weighted by molar-refractivity contribution is 0.125. The first-order chi connectivity index (χ1) is 20.0. The summed E-state index contributed by atoms with van der Waals surface area (Å²) in [7, 11) is -2.12. The van der Waals surface area contributed by atoms with Crippen LogP contribution in [-0.2, 0) is 15.8 Å². The smallest absolute Gasteiger partial charge is 0.258 e. The minimum Gasteiger partial charge on any atom is -0.543 e. The standard InChI is InChI=1S/C37H54O3Si2/c1-31(2)42(32(3)4,33(5)6)40-36(27-29-41(8,9)37-21-17-15-18-22-37)20-16-13-11-10-12-14-19-28-39-30-34-23-25-35(38-7)26-24-34/h12,14-15,17-18,20-27,29,31-33H,13,16,19,28,30H2,1-9H3/b14-12+,29-27+,36-20-. The Bertz CT molecular complexity index is 1180. The van der Waals surface area contributed by atoms with Crippen LogP contribution in [0, 0.1) is 11.8 Å². The van der Waals surface area contributed by atoms with Gasteiger partial charge >= 0.3 is 0 Å². The summed E-state index contributed by atoms with van der Waals surface area (Å²) >= 11 is 0. The molecule has 2 aromatic carbocycles. The highest BCUT2D eigenvalue weighted by Crippen LogP contribution is 2.43. The van der Waals surface area contributed by atoms with Crippen LogP contribution in [0.4, 0.5) is 0 Å². The summed E-state index contributed by atoms with van der Waals surface area (Å²) in [5.74, 6) is 8.38. The molecule has 0 unspecified atom stereocenters. The molecule has 0 N–H and O–H groups in total. The van der Waals surface area contributed by atoms with E-state index in [0.29, 0.717) is 29.8 Å². The van der Waals surface area contributed by atoms with Crippen LogP contribution in [0.15, 0.2) is 90.4 Å². The zero-order chi connectivity index (χ0) is 31.0. The molecule has 0 saturated carbocycles. The SMILES string of the molecule is COc1ccc(COCC/C=C/C#CCC/C=C(/C=C/[Si](C)(C)c2ccccc2)O[Si](C(C)C)(C(C)C)C(C)C)cc1. The third-order valence-corrected chi connectivity index (χ3v) is 16.8. The Kier molecular flexibility index (Phi) is 15.2. The molecule has 0 fully saturated rings. The fourth-order valence-electron chi connectivity index (χ4n) is 5.58. The van der Waals surface area contributed by atoms with Gasteiger partial charge in [0.2, 0.25) is 0 Å². The van der Waals surface area contributed by atoms with Crippen molar-refractivity contribution in [2.45, 2.75) is 97.1 Å². The van der Waals surface area contributed by atoms with Crippen molar-refractivity contribution in [2.75, 3.05) is 13.7 Å². The van der Waals surface area contributed by atoms with Gasteiger partial charge in [0.15, 0.2) is 0 Å². The summed E-state index contributed by atoms with van der Waals surface area (Å²) in [5, 5.41) is 1.43. The molecule has 228 valence electrons. The summed E-state index contributed by atoms with van der Waals surface area (Å²) in [6.45, 7) is 20.2. The molecule has 0 aromatic heterocycles. The Balaban J connectivity index is 2.00. The van der Waals surface area contributed by atoms with Crippen molar-refractivity contribution in [1.29, 1.82) is 0 Å². The number of allylic oxidation sites excluding steroid dienone is 3. The second kappa shape index (κ2) is 18.0. The second-order valence-corrected chi connectivity index (χ2v) is 22.1. The Morgan fingerprint density at radius 2 is 1.50 bits per heavy atom. The monoisotopic (exact) mass is 602 g/mol. The summed E-state index contributed by atoms with van der Waals surface area (Å²) < 4.78 is 18.1. The topological polar surface area (TPSA) is 27.7 Å². The van der Waals surface area contributed by atoms with Gasteiger partial charge in [-0.05, 0) is 65.4 Å². The van der Waals surface area contributed by atoms with Gasteiger partial charge in [0.05, 0.1) is 26.1 Å². The average Bonchev–Trinajstić information content (AvgIpc) is 2.97. The first-order valence-corrected chi connectivity index (χ1v) is 20.7. The molecule has 0 aliphatic heterocycles. The van der Waals surface area contributed by atoms with Gasteiger partial charge < -0.3 is 13.9 Å². The number of methoxy groups -OCH3 is 1. The Morgan fingerprint density at radius 3 is 2.10 bits per heavy atom. The van der Waals surface area contributed by atoms with E-state index in [4.69, 9.17) is 13.9 Å². The van der Waals surface area contributed by atoms with Crippen molar-refractivity contribution in [3.63, 3.8) is 0 Å². The number of rotatable bonds is 16. The predicted molar refractivity (Wildman–Crippen MR) is 186 cm³/mol. The van der Waals surface area contributed by atoms with Gasteiger partial charge in [-0.3, -0.25) is 0 Å². The van der Waals surface area contributed by atoms with Crippen molar-refractivity contribution < 1.29 is 13.9 Å². The van der Waals surface area contributed by atoms with Crippen LogP contribution in [0.25, 0.3) is 0 Å². The Morgan fingerprint density at radius 1 is 0.857 bits per heavy atom. The first kappa shape index (κ1) is 35.4. The van der Waals surface area contributed by atoms with Crippen LogP contribution in [0.3, 0.4) is 0 Å². The van der Waals surface area contributed by atoms with Crippen LogP contribution in [0.1, 0.15) is 66.4 Å². The normalized spacial score (nSPS) is 12.9. The summed E-state index contributed by atoms with van der Waals surface area (Å²) in [5.41, 5.74) is 5.16. The lowest BCUT2D eigenvalue weighted by atomic mass is 10.2. The molecule has 0 heterocycles. The highest BCUT2D eigenvalue weighted by atomic mass is 28.4. The number of hydrogen-bond donors (Lipinski definition) is 0. The third-order valence-electron chi connectivity index (χ3n) is 7.96. The molecule has 0 aliphatic rings. The zero-order valence-corrected chi connectivity index (χ0v) is 29.6. The van der Waals surface area contributed by atoms with Crippen LogP contribution >= 0.6 is 0 Å². The minimum absolute atomic E-state index is 0.527. The van der Waals surface area contributed by atoms with Crippen molar-refractivity contribution in [1.82, 2.24) is 0 Å². The fourth-order valence-corrected chi connectivity index (χ4v) is 12.7. The van der Waals surface area contributed by atoms with E-state index in [-0.39, 0.29) is 0 Å². The van der Waals surface area contributed by atoms with Gasteiger partial charge in [-0.25, -0.2) is 0 Å². The molecule has 2 rings (SSSR count). The van der Waals surface area contributed by atoms with Crippen LogP contribution in [0.5, 0.6) is 5.75 Å². The lowest BCUT2D eigenvalue weighted by Crippen LogP contribution is -2.47. The molecule has 2 aromatic rings. The molecule has 0 atom stereocenters. The van der Waals surface area contributed by atoms with E-state index in [9.17, 15) is 0 Å².